The van der Waals surface area contributed by atoms with Crippen LogP contribution in [0.2, 0.25) is 0 Å². The Balaban J connectivity index is 0.00000280. The van der Waals surface area contributed by atoms with Gasteiger partial charge < -0.3 is 15.6 Å². The number of nitrogen functional groups attached to an aromatic ring is 1. The van der Waals surface area contributed by atoms with E-state index < -0.39 is 15.0 Å². The molecule has 0 aliphatic heterocycles. The van der Waals surface area contributed by atoms with Crippen LogP contribution in [0.4, 0.5) is 17.1 Å². The predicted molar refractivity (Wildman–Crippen MR) is 139 cm³/mol. The number of nitrogens with zero attached hydrogens (tertiary/aromatic N) is 2. The molecule has 0 unspecified atom stereocenters. The molecule has 0 atom stereocenters. The summed E-state index contributed by atoms with van der Waals surface area (Å²) in [5.74, 6) is 0. The van der Waals surface area contributed by atoms with Gasteiger partial charge in [0.25, 0.3) is 0 Å². The van der Waals surface area contributed by atoms with Crippen LogP contribution in [0.5, 0.6) is 0 Å². The molecule has 0 spiro atoms. The number of fused-ring (bicyclic) bond motifs is 4. The van der Waals surface area contributed by atoms with Crippen LogP contribution < -0.4 is 45.2 Å². The first-order valence-electron chi connectivity index (χ1n) is 11.2. The van der Waals surface area contributed by atoms with E-state index in [9.17, 15) is 13.0 Å². The normalized spacial score (nSPS) is 11.5. The maximum atomic E-state index is 11.9. The number of hydrogen-bond acceptors (Lipinski definition) is 6. The Morgan fingerprint density at radius 3 is 2.30 bits per heavy atom. The standard InChI is InChI=1S/C28H19N4O3S.Na/c29-22-15-25-24(17-27(22)36(33,34)35)31-28-21-14-8-7-13-20(21)23(30-18-9-3-1-4-10-18)16-26(28)32(25)19-11-5-2-6-12-19;/h1-12,14-17H,(H3,29,30,33,34,35);/q-1;+1. The second-order valence-electron chi connectivity index (χ2n) is 8.36. The molecule has 0 aliphatic rings. The van der Waals surface area contributed by atoms with Crippen LogP contribution in [0.1, 0.15) is 0 Å². The fourth-order valence-corrected chi connectivity index (χ4v) is 5.10. The molecule has 3 N–H and O–H groups in total. The van der Waals surface area contributed by atoms with Gasteiger partial charge in [0.1, 0.15) is 21.2 Å². The van der Waals surface area contributed by atoms with Gasteiger partial charge in [0.05, 0.1) is 10.6 Å². The molecule has 1 heterocycles. The predicted octanol–water partition coefficient (Wildman–Crippen LogP) is 1.85. The number of aromatic nitrogens is 2. The average molecular weight is 515 g/mol. The molecule has 7 nitrogen and oxygen atoms in total. The maximum Gasteiger partial charge on any atom is 1.00 e. The van der Waals surface area contributed by atoms with Crippen LogP contribution in [0.25, 0.3) is 38.5 Å². The molecular weight excluding hydrogens is 495 g/mol. The number of rotatable bonds is 4. The number of anilines is 3. The van der Waals surface area contributed by atoms with Crippen LogP contribution in [0.15, 0.2) is 102 Å². The minimum Gasteiger partial charge on any atom is -0.744 e. The van der Waals surface area contributed by atoms with Crippen molar-refractivity contribution in [3.05, 3.63) is 103 Å². The van der Waals surface area contributed by atoms with Gasteiger partial charge >= 0.3 is 29.6 Å². The SMILES string of the molecule is Nc1cc2c(cc1S(=O)(=O)[O-])nc1c3ccc[c-]c3c(Nc3ccccc3)cc1[n+]2-c1ccccc1.[Na+]. The van der Waals surface area contributed by atoms with Gasteiger partial charge in [-0.2, -0.15) is 4.57 Å². The Hall–Kier alpha value is -3.53. The van der Waals surface area contributed by atoms with E-state index in [-0.39, 0.29) is 35.2 Å². The third-order valence-electron chi connectivity index (χ3n) is 6.06. The smallest absolute Gasteiger partial charge is 0.744 e. The van der Waals surface area contributed by atoms with Crippen LogP contribution in [-0.4, -0.2) is 18.0 Å². The van der Waals surface area contributed by atoms with E-state index in [2.05, 4.69) is 11.4 Å². The largest absolute Gasteiger partial charge is 1.00 e. The third kappa shape index (κ3) is 4.54. The van der Waals surface area contributed by atoms with Gasteiger partial charge in [-0.15, -0.1) is 29.7 Å². The number of hydrogen-bond donors (Lipinski definition) is 2. The van der Waals surface area contributed by atoms with E-state index in [1.54, 1.807) is 0 Å². The zero-order chi connectivity index (χ0) is 24.9. The summed E-state index contributed by atoms with van der Waals surface area (Å²) in [7, 11) is -4.78. The summed E-state index contributed by atoms with van der Waals surface area (Å²) < 4.78 is 37.6. The Morgan fingerprint density at radius 1 is 0.892 bits per heavy atom. The summed E-state index contributed by atoms with van der Waals surface area (Å²) in [6.07, 6.45) is 0. The van der Waals surface area contributed by atoms with Gasteiger partial charge in [-0.3, -0.25) is 0 Å². The number of nitrogens with two attached hydrogens (primary N) is 1. The molecule has 0 saturated carbocycles. The second kappa shape index (κ2) is 9.74. The van der Waals surface area contributed by atoms with E-state index >= 15 is 0 Å². The second-order valence-corrected chi connectivity index (χ2v) is 9.71. The van der Waals surface area contributed by atoms with Gasteiger partial charge in [-0.25, -0.2) is 13.4 Å². The van der Waals surface area contributed by atoms with E-state index in [0.717, 1.165) is 33.4 Å². The fraction of sp³-hybridized carbons (Fsp3) is 0. The molecule has 6 aromatic rings. The zero-order valence-electron chi connectivity index (χ0n) is 19.8. The summed E-state index contributed by atoms with van der Waals surface area (Å²) in [5.41, 5.74) is 10.8. The Bertz CT molecular complexity index is 1900. The van der Waals surface area contributed by atoms with Crippen molar-refractivity contribution in [2.24, 2.45) is 0 Å². The van der Waals surface area contributed by atoms with Crippen LogP contribution in [0.3, 0.4) is 0 Å². The molecule has 0 amide bonds. The van der Waals surface area contributed by atoms with Crippen molar-refractivity contribution in [2.75, 3.05) is 11.1 Å². The number of benzene rings is 5. The van der Waals surface area contributed by atoms with Crippen molar-refractivity contribution >= 4 is 60.0 Å². The van der Waals surface area contributed by atoms with E-state index in [1.807, 2.05) is 89.5 Å². The molecule has 5 aromatic carbocycles. The minimum absolute atomic E-state index is 0. The Labute approximate surface area is 235 Å². The topological polar surface area (TPSA) is 112 Å². The average Bonchev–Trinajstić information content (AvgIpc) is 2.88. The Morgan fingerprint density at radius 2 is 1.59 bits per heavy atom. The van der Waals surface area contributed by atoms with Crippen LogP contribution in [0, 0.1) is 6.07 Å². The van der Waals surface area contributed by atoms with Gasteiger partial charge in [-0.1, -0.05) is 41.8 Å². The van der Waals surface area contributed by atoms with Gasteiger partial charge in [0.2, 0.25) is 16.7 Å². The molecule has 176 valence electrons. The van der Waals surface area contributed by atoms with Crippen LogP contribution in [-0.2, 0) is 10.1 Å². The first-order valence-corrected chi connectivity index (χ1v) is 12.6. The number of nitrogens with one attached hydrogen (secondary N) is 1. The molecule has 0 saturated heterocycles. The summed E-state index contributed by atoms with van der Waals surface area (Å²) in [4.78, 5) is 4.34. The summed E-state index contributed by atoms with van der Waals surface area (Å²) in [6, 6.07) is 33.2. The third-order valence-corrected chi connectivity index (χ3v) is 6.95. The molecule has 0 fully saturated rings. The van der Waals surface area contributed by atoms with Gasteiger partial charge in [-0.05, 0) is 30.0 Å². The minimum atomic E-state index is -4.78. The van der Waals surface area contributed by atoms with Gasteiger partial charge in [0, 0.05) is 23.9 Å². The zero-order valence-corrected chi connectivity index (χ0v) is 22.7. The molecular formula is C28H19N4NaO3S. The molecule has 6 rings (SSSR count). The molecule has 0 aliphatic carbocycles. The first-order chi connectivity index (χ1) is 17.4. The monoisotopic (exact) mass is 514 g/mol. The summed E-state index contributed by atoms with van der Waals surface area (Å²) >= 11 is 0. The van der Waals surface area contributed by atoms with Crippen molar-refractivity contribution < 1.29 is 47.1 Å². The molecule has 0 bridgehead atoms. The van der Waals surface area contributed by atoms with E-state index in [1.165, 1.54) is 12.1 Å². The Kier molecular flexibility index (Phi) is 6.61. The molecule has 0 radical (unpaired) electrons. The van der Waals surface area contributed by atoms with E-state index in [4.69, 9.17) is 10.7 Å². The number of para-hydroxylation sites is 2. The summed E-state index contributed by atoms with van der Waals surface area (Å²) in [5, 5.41) is 5.14. The van der Waals surface area contributed by atoms with Crippen LogP contribution >= 0.6 is 0 Å². The quantitative estimate of drug-likeness (QED) is 0.0707. The van der Waals surface area contributed by atoms with Crippen molar-refractivity contribution in [2.45, 2.75) is 4.90 Å². The van der Waals surface area contributed by atoms with Crippen molar-refractivity contribution in [3.63, 3.8) is 0 Å². The molecule has 37 heavy (non-hydrogen) atoms. The molecule has 1 aromatic heterocycles. The fourth-order valence-electron chi connectivity index (χ4n) is 4.50. The first kappa shape index (κ1) is 25.1. The van der Waals surface area contributed by atoms with Crippen molar-refractivity contribution in [1.29, 1.82) is 0 Å². The molecule has 9 heteroatoms. The van der Waals surface area contributed by atoms with Crippen molar-refractivity contribution in [3.8, 4) is 5.69 Å². The maximum absolute atomic E-state index is 11.9. The summed E-state index contributed by atoms with van der Waals surface area (Å²) in [6.45, 7) is 0. The van der Waals surface area contributed by atoms with E-state index in [0.29, 0.717) is 16.6 Å². The van der Waals surface area contributed by atoms with Crippen molar-refractivity contribution in [1.82, 2.24) is 4.98 Å². The van der Waals surface area contributed by atoms with Gasteiger partial charge in [0.15, 0.2) is 0 Å².